The molecule has 120 valence electrons. The van der Waals surface area contributed by atoms with Crippen molar-refractivity contribution < 1.29 is 9.53 Å². The molecule has 0 aromatic heterocycles. The van der Waals surface area contributed by atoms with Gasteiger partial charge in [0.15, 0.2) is 0 Å². The summed E-state index contributed by atoms with van der Waals surface area (Å²) >= 11 is 0. The zero-order valence-corrected chi connectivity index (χ0v) is 14.1. The third kappa shape index (κ3) is 5.40. The number of aliphatic imine (C=N–C) groups is 1. The molecule has 0 unspecified atom stereocenters. The summed E-state index contributed by atoms with van der Waals surface area (Å²) in [6.07, 6.45) is 3.53. The Bertz CT molecular complexity index is 431. The van der Waals surface area contributed by atoms with Crippen molar-refractivity contribution in [2.24, 2.45) is 16.6 Å². The van der Waals surface area contributed by atoms with Gasteiger partial charge in [-0.2, -0.15) is 0 Å². The predicted octanol–water partition coefficient (Wildman–Crippen LogP) is 2.96. The average molecular weight is 295 g/mol. The van der Waals surface area contributed by atoms with Crippen molar-refractivity contribution in [3.05, 3.63) is 11.8 Å². The minimum atomic E-state index is -0.495. The fourth-order valence-corrected chi connectivity index (χ4v) is 2.53. The van der Waals surface area contributed by atoms with Crippen molar-refractivity contribution in [3.8, 4) is 0 Å². The van der Waals surface area contributed by atoms with Crippen LogP contribution < -0.4 is 5.73 Å². The number of allylic oxidation sites excluding steroid dienone is 1. The summed E-state index contributed by atoms with van der Waals surface area (Å²) in [6, 6.07) is -0.0560. The van der Waals surface area contributed by atoms with Crippen molar-refractivity contribution in [3.63, 3.8) is 0 Å². The molecule has 1 amide bonds. The zero-order valence-electron chi connectivity index (χ0n) is 14.1. The molecule has 0 saturated carbocycles. The summed E-state index contributed by atoms with van der Waals surface area (Å²) in [6.45, 7) is 10.3. The van der Waals surface area contributed by atoms with E-state index in [9.17, 15) is 4.79 Å². The van der Waals surface area contributed by atoms with Gasteiger partial charge in [-0.1, -0.05) is 6.92 Å². The first-order valence-corrected chi connectivity index (χ1v) is 7.54. The van der Waals surface area contributed by atoms with E-state index < -0.39 is 5.60 Å². The molecular formula is C16H29N3O2. The van der Waals surface area contributed by atoms with Crippen LogP contribution in [0.2, 0.25) is 0 Å². The molecule has 1 heterocycles. The maximum atomic E-state index is 12.5. The number of carbonyl (C=O) groups is 1. The summed E-state index contributed by atoms with van der Waals surface area (Å²) in [5.41, 5.74) is 6.81. The molecule has 2 N–H and O–H groups in total. The summed E-state index contributed by atoms with van der Waals surface area (Å²) < 4.78 is 5.54. The molecular weight excluding hydrogens is 266 g/mol. The van der Waals surface area contributed by atoms with E-state index in [1.54, 1.807) is 11.9 Å². The van der Waals surface area contributed by atoms with E-state index >= 15 is 0 Å². The van der Waals surface area contributed by atoms with Gasteiger partial charge in [0.05, 0.1) is 11.8 Å². The van der Waals surface area contributed by atoms with Gasteiger partial charge < -0.3 is 10.5 Å². The Labute approximate surface area is 128 Å². The molecule has 1 saturated heterocycles. The lowest BCUT2D eigenvalue weighted by atomic mass is 9.91. The zero-order chi connectivity index (χ0) is 16.2. The molecule has 1 fully saturated rings. The lowest BCUT2D eigenvalue weighted by molar-refractivity contribution is 0.0119. The molecule has 2 atom stereocenters. The highest BCUT2D eigenvalue weighted by Crippen LogP contribution is 2.25. The maximum absolute atomic E-state index is 12.5. The van der Waals surface area contributed by atoms with Crippen molar-refractivity contribution in [2.75, 3.05) is 13.6 Å². The summed E-state index contributed by atoms with van der Waals surface area (Å²) in [5, 5.41) is 0. The number of carbonyl (C=O) groups excluding carboxylic acids is 1. The molecule has 5 nitrogen and oxygen atoms in total. The first-order valence-electron chi connectivity index (χ1n) is 7.54. The number of piperidine rings is 1. The molecule has 0 radical (unpaired) electrons. The van der Waals surface area contributed by atoms with Gasteiger partial charge >= 0.3 is 6.09 Å². The molecule has 0 spiro atoms. The van der Waals surface area contributed by atoms with Crippen LogP contribution in [0.15, 0.2) is 16.8 Å². The Hall–Kier alpha value is -1.52. The Morgan fingerprint density at radius 2 is 2.00 bits per heavy atom. The van der Waals surface area contributed by atoms with Gasteiger partial charge in [0.1, 0.15) is 5.60 Å². The van der Waals surface area contributed by atoms with Crippen LogP contribution >= 0.6 is 0 Å². The van der Waals surface area contributed by atoms with Crippen LogP contribution in [-0.2, 0) is 4.74 Å². The maximum Gasteiger partial charge on any atom is 0.410 e. The number of amides is 1. The highest BCUT2D eigenvalue weighted by Gasteiger charge is 2.34. The molecule has 5 heteroatoms. The minimum Gasteiger partial charge on any atom is -0.444 e. The van der Waals surface area contributed by atoms with Crippen LogP contribution in [0.5, 0.6) is 0 Å². The van der Waals surface area contributed by atoms with Crippen LogP contribution in [0.1, 0.15) is 47.5 Å². The fourth-order valence-electron chi connectivity index (χ4n) is 2.53. The van der Waals surface area contributed by atoms with Gasteiger partial charge in [0.2, 0.25) is 0 Å². The third-order valence-corrected chi connectivity index (χ3v) is 3.42. The second kappa shape index (κ2) is 6.96. The van der Waals surface area contributed by atoms with Crippen molar-refractivity contribution in [2.45, 2.75) is 59.1 Å². The smallest absolute Gasteiger partial charge is 0.410 e. The van der Waals surface area contributed by atoms with Crippen molar-refractivity contribution >= 4 is 11.8 Å². The highest BCUT2D eigenvalue weighted by molar-refractivity contribution is 6.01. The van der Waals surface area contributed by atoms with Crippen molar-refractivity contribution in [1.82, 2.24) is 4.90 Å². The highest BCUT2D eigenvalue weighted by atomic mass is 16.6. The number of hydrogen-bond acceptors (Lipinski definition) is 4. The largest absolute Gasteiger partial charge is 0.444 e. The quantitative estimate of drug-likeness (QED) is 0.796. The number of nitrogens with two attached hydrogens (primary N) is 1. The first kappa shape index (κ1) is 17.5. The van der Waals surface area contributed by atoms with E-state index in [-0.39, 0.29) is 12.1 Å². The normalized spacial score (nSPS) is 25.0. The lowest BCUT2D eigenvalue weighted by Gasteiger charge is -2.39. The lowest BCUT2D eigenvalue weighted by Crippen LogP contribution is -2.51. The van der Waals surface area contributed by atoms with Crippen LogP contribution in [0.3, 0.4) is 0 Å². The predicted molar refractivity (Wildman–Crippen MR) is 86.4 cm³/mol. The fraction of sp³-hybridized carbons (Fsp3) is 0.750. The van der Waals surface area contributed by atoms with Crippen molar-refractivity contribution in [1.29, 1.82) is 0 Å². The summed E-state index contributed by atoms with van der Waals surface area (Å²) in [4.78, 5) is 18.6. The molecule has 21 heavy (non-hydrogen) atoms. The third-order valence-electron chi connectivity index (χ3n) is 3.42. The SMILES string of the molecule is CN=C(C=C(C)N)[C@H]1CC[C@H](C)CN1C(=O)OC(C)(C)C. The number of nitrogens with zero attached hydrogens (tertiary/aromatic N) is 2. The first-order chi connectivity index (χ1) is 9.64. The van der Waals surface area contributed by atoms with Crippen LogP contribution in [0.4, 0.5) is 4.79 Å². The van der Waals surface area contributed by atoms with E-state index in [1.165, 1.54) is 0 Å². The van der Waals surface area contributed by atoms with Gasteiger partial charge in [0, 0.05) is 19.3 Å². The molecule has 1 aliphatic heterocycles. The number of rotatable bonds is 2. The van der Waals surface area contributed by atoms with E-state index in [4.69, 9.17) is 10.5 Å². The molecule has 0 aromatic carbocycles. The summed E-state index contributed by atoms with van der Waals surface area (Å²) in [7, 11) is 1.74. The molecule has 1 aliphatic rings. The second-order valence-electron chi connectivity index (χ2n) is 6.87. The van der Waals surface area contributed by atoms with Crippen LogP contribution in [0.25, 0.3) is 0 Å². The van der Waals surface area contributed by atoms with Crippen LogP contribution in [0, 0.1) is 5.92 Å². The second-order valence-corrected chi connectivity index (χ2v) is 6.87. The molecule has 1 rings (SSSR count). The van der Waals surface area contributed by atoms with E-state index in [0.29, 0.717) is 18.2 Å². The summed E-state index contributed by atoms with van der Waals surface area (Å²) in [5.74, 6) is 0.467. The van der Waals surface area contributed by atoms with Gasteiger partial charge in [0.25, 0.3) is 0 Å². The van der Waals surface area contributed by atoms with E-state index in [1.807, 2.05) is 33.8 Å². The standard InChI is InChI=1S/C16H29N3O2/c1-11-7-8-14(13(18-6)9-12(2)17)19(10-11)15(20)21-16(3,4)5/h9,11,14H,7-8,10,17H2,1-6H3/t11-,14+/m0/s1. The monoisotopic (exact) mass is 295 g/mol. The van der Waals surface area contributed by atoms with E-state index in [2.05, 4.69) is 11.9 Å². The topological polar surface area (TPSA) is 67.9 Å². The Balaban J connectivity index is 2.99. The average Bonchev–Trinajstić information content (AvgIpc) is 2.33. The minimum absolute atomic E-state index is 0.0560. The van der Waals surface area contributed by atoms with E-state index in [0.717, 1.165) is 18.6 Å². The Morgan fingerprint density at radius 3 is 2.48 bits per heavy atom. The van der Waals surface area contributed by atoms with Gasteiger partial charge in [-0.15, -0.1) is 0 Å². The Kier molecular flexibility index (Phi) is 5.81. The number of hydrogen-bond donors (Lipinski definition) is 1. The molecule has 0 aromatic rings. The Morgan fingerprint density at radius 1 is 1.38 bits per heavy atom. The number of ether oxygens (including phenoxy) is 1. The van der Waals surface area contributed by atoms with Gasteiger partial charge in [-0.25, -0.2) is 4.79 Å². The number of likely N-dealkylation sites (tertiary alicyclic amines) is 1. The molecule has 0 aliphatic carbocycles. The molecule has 0 bridgehead atoms. The van der Waals surface area contributed by atoms with Crippen LogP contribution in [-0.4, -0.2) is 41.9 Å². The van der Waals surface area contributed by atoms with Gasteiger partial charge in [-0.05, 0) is 52.5 Å². The van der Waals surface area contributed by atoms with Gasteiger partial charge in [-0.3, -0.25) is 9.89 Å².